The van der Waals surface area contributed by atoms with Gasteiger partial charge in [-0.25, -0.2) is 13.1 Å². The molecule has 7 heteroatoms. The van der Waals surface area contributed by atoms with E-state index in [4.69, 9.17) is 4.74 Å². The zero-order valence-electron chi connectivity index (χ0n) is 13.2. The summed E-state index contributed by atoms with van der Waals surface area (Å²) < 4.78 is 32.8. The van der Waals surface area contributed by atoms with Crippen LogP contribution in [-0.2, 0) is 16.6 Å². The van der Waals surface area contributed by atoms with Crippen molar-refractivity contribution in [3.8, 4) is 5.75 Å². The molecule has 0 unspecified atom stereocenters. The summed E-state index contributed by atoms with van der Waals surface area (Å²) in [5, 5.41) is 6.60. The van der Waals surface area contributed by atoms with Crippen molar-refractivity contribution in [3.05, 3.63) is 41.2 Å². The molecule has 0 bridgehead atoms. The van der Waals surface area contributed by atoms with Crippen molar-refractivity contribution < 1.29 is 13.2 Å². The topological polar surface area (TPSA) is 84.1 Å². The standard InChI is InChI=1S/C15H21N3O3S/c1-10(2)21-14-7-5-13(6-8-14)9-16-22(19,20)15-11(3)17-18-12(15)4/h5-8,10,16H,9H2,1-4H3,(H,17,18). The second kappa shape index (κ2) is 6.50. The van der Waals surface area contributed by atoms with Gasteiger partial charge in [0.2, 0.25) is 10.0 Å². The Morgan fingerprint density at radius 3 is 2.36 bits per heavy atom. The number of sulfonamides is 1. The molecule has 1 heterocycles. The Morgan fingerprint density at radius 2 is 1.86 bits per heavy atom. The third-order valence-corrected chi connectivity index (χ3v) is 4.75. The van der Waals surface area contributed by atoms with Crippen molar-refractivity contribution in [1.82, 2.24) is 14.9 Å². The van der Waals surface area contributed by atoms with Crippen LogP contribution in [0.15, 0.2) is 29.2 Å². The van der Waals surface area contributed by atoms with E-state index in [0.717, 1.165) is 11.3 Å². The number of aromatic nitrogens is 2. The number of ether oxygens (including phenoxy) is 1. The summed E-state index contributed by atoms with van der Waals surface area (Å²) in [6, 6.07) is 7.35. The first kappa shape index (κ1) is 16.5. The molecule has 22 heavy (non-hydrogen) atoms. The van der Waals surface area contributed by atoms with Crippen LogP contribution in [-0.4, -0.2) is 24.7 Å². The number of rotatable bonds is 6. The number of aromatic amines is 1. The first-order valence-corrected chi connectivity index (χ1v) is 8.54. The lowest BCUT2D eigenvalue weighted by Crippen LogP contribution is -2.24. The fraction of sp³-hybridized carbons (Fsp3) is 0.400. The maximum atomic E-state index is 12.3. The molecule has 0 amide bonds. The summed E-state index contributed by atoms with van der Waals surface area (Å²) >= 11 is 0. The van der Waals surface area contributed by atoms with Gasteiger partial charge in [-0.1, -0.05) is 12.1 Å². The molecule has 6 nitrogen and oxygen atoms in total. The quantitative estimate of drug-likeness (QED) is 0.854. The van der Waals surface area contributed by atoms with Gasteiger partial charge in [0.15, 0.2) is 0 Å². The SMILES string of the molecule is Cc1n[nH]c(C)c1S(=O)(=O)NCc1ccc(OC(C)C)cc1. The third-order valence-electron chi connectivity index (χ3n) is 3.09. The predicted octanol–water partition coefficient (Wildman–Crippen LogP) is 2.29. The Balaban J connectivity index is 2.06. The molecule has 0 atom stereocenters. The second-order valence-electron chi connectivity index (χ2n) is 5.40. The minimum Gasteiger partial charge on any atom is -0.491 e. The van der Waals surface area contributed by atoms with E-state index in [1.807, 2.05) is 38.1 Å². The summed E-state index contributed by atoms with van der Waals surface area (Å²) in [7, 11) is -3.58. The predicted molar refractivity (Wildman–Crippen MR) is 84.3 cm³/mol. The van der Waals surface area contributed by atoms with E-state index in [1.54, 1.807) is 13.8 Å². The van der Waals surface area contributed by atoms with Gasteiger partial charge in [0.1, 0.15) is 10.6 Å². The molecule has 0 saturated heterocycles. The summed E-state index contributed by atoms with van der Waals surface area (Å²) in [4.78, 5) is 0.215. The average molecular weight is 323 g/mol. The number of hydrogen-bond acceptors (Lipinski definition) is 4. The Labute approximate surface area is 130 Å². The van der Waals surface area contributed by atoms with E-state index < -0.39 is 10.0 Å². The smallest absolute Gasteiger partial charge is 0.244 e. The summed E-state index contributed by atoms with van der Waals surface area (Å²) in [5.41, 5.74) is 1.86. The van der Waals surface area contributed by atoms with Gasteiger partial charge in [-0.2, -0.15) is 5.10 Å². The second-order valence-corrected chi connectivity index (χ2v) is 7.10. The molecule has 2 rings (SSSR count). The molecule has 2 aromatic rings. The minimum absolute atomic E-state index is 0.108. The fourth-order valence-corrected chi connectivity index (χ4v) is 3.53. The molecule has 0 radical (unpaired) electrons. The zero-order valence-corrected chi connectivity index (χ0v) is 14.0. The van der Waals surface area contributed by atoms with Crippen molar-refractivity contribution >= 4 is 10.0 Å². The fourth-order valence-electron chi connectivity index (χ4n) is 2.15. The Morgan fingerprint density at radius 1 is 1.23 bits per heavy atom. The van der Waals surface area contributed by atoms with Gasteiger partial charge in [-0.05, 0) is 45.4 Å². The van der Waals surface area contributed by atoms with Gasteiger partial charge in [0.05, 0.1) is 17.5 Å². The Hall–Kier alpha value is -1.86. The van der Waals surface area contributed by atoms with Crippen LogP contribution in [0.4, 0.5) is 0 Å². The van der Waals surface area contributed by atoms with Crippen LogP contribution in [0.5, 0.6) is 5.75 Å². The summed E-state index contributed by atoms with van der Waals surface area (Å²) in [5.74, 6) is 0.767. The van der Waals surface area contributed by atoms with Crippen molar-refractivity contribution in [2.24, 2.45) is 0 Å². The highest BCUT2D eigenvalue weighted by Gasteiger charge is 2.21. The maximum absolute atomic E-state index is 12.3. The summed E-state index contributed by atoms with van der Waals surface area (Å²) in [6.07, 6.45) is 0.108. The molecular weight excluding hydrogens is 302 g/mol. The van der Waals surface area contributed by atoms with Gasteiger partial charge < -0.3 is 4.74 Å². The Kier molecular flexibility index (Phi) is 4.87. The molecule has 0 saturated carbocycles. The monoisotopic (exact) mass is 323 g/mol. The van der Waals surface area contributed by atoms with Crippen LogP contribution in [0.25, 0.3) is 0 Å². The number of H-pyrrole nitrogens is 1. The van der Waals surface area contributed by atoms with Crippen LogP contribution in [0.1, 0.15) is 30.8 Å². The maximum Gasteiger partial charge on any atom is 0.244 e. The zero-order chi connectivity index (χ0) is 16.3. The highest BCUT2D eigenvalue weighted by molar-refractivity contribution is 7.89. The molecule has 2 N–H and O–H groups in total. The first-order valence-electron chi connectivity index (χ1n) is 7.06. The molecule has 120 valence electrons. The Bertz CT molecular complexity index is 714. The third kappa shape index (κ3) is 3.86. The largest absolute Gasteiger partial charge is 0.491 e. The summed E-state index contributed by atoms with van der Waals surface area (Å²) in [6.45, 7) is 7.48. The van der Waals surface area contributed by atoms with Crippen LogP contribution >= 0.6 is 0 Å². The average Bonchev–Trinajstić information content (AvgIpc) is 2.77. The first-order chi connectivity index (χ1) is 10.3. The lowest BCUT2D eigenvalue weighted by atomic mass is 10.2. The van der Waals surface area contributed by atoms with Crippen molar-refractivity contribution in [1.29, 1.82) is 0 Å². The van der Waals surface area contributed by atoms with E-state index >= 15 is 0 Å². The molecule has 1 aromatic heterocycles. The molecule has 0 aliphatic carbocycles. The number of aryl methyl sites for hydroxylation is 2. The van der Waals surface area contributed by atoms with Crippen molar-refractivity contribution in [2.75, 3.05) is 0 Å². The van der Waals surface area contributed by atoms with Crippen LogP contribution in [0.2, 0.25) is 0 Å². The lowest BCUT2D eigenvalue weighted by Gasteiger charge is -2.11. The van der Waals surface area contributed by atoms with Gasteiger partial charge in [-0.3, -0.25) is 5.10 Å². The number of benzene rings is 1. The van der Waals surface area contributed by atoms with Crippen LogP contribution in [0, 0.1) is 13.8 Å². The number of hydrogen-bond donors (Lipinski definition) is 2. The highest BCUT2D eigenvalue weighted by atomic mass is 32.2. The lowest BCUT2D eigenvalue weighted by molar-refractivity contribution is 0.242. The molecule has 0 aliphatic heterocycles. The van der Waals surface area contributed by atoms with E-state index in [-0.39, 0.29) is 17.5 Å². The number of nitrogens with zero attached hydrogens (tertiary/aromatic N) is 1. The van der Waals surface area contributed by atoms with Crippen LogP contribution in [0.3, 0.4) is 0 Å². The van der Waals surface area contributed by atoms with Crippen LogP contribution < -0.4 is 9.46 Å². The van der Waals surface area contributed by atoms with E-state index in [0.29, 0.717) is 11.4 Å². The van der Waals surface area contributed by atoms with E-state index in [1.165, 1.54) is 0 Å². The van der Waals surface area contributed by atoms with Gasteiger partial charge in [-0.15, -0.1) is 0 Å². The normalized spacial score (nSPS) is 11.9. The molecule has 1 aromatic carbocycles. The number of nitrogens with one attached hydrogen (secondary N) is 2. The minimum atomic E-state index is -3.58. The van der Waals surface area contributed by atoms with Gasteiger partial charge in [0.25, 0.3) is 0 Å². The highest BCUT2D eigenvalue weighted by Crippen LogP contribution is 2.18. The molecule has 0 fully saturated rings. The van der Waals surface area contributed by atoms with Crippen molar-refractivity contribution in [2.45, 2.75) is 45.2 Å². The molecule has 0 aliphatic rings. The van der Waals surface area contributed by atoms with E-state index in [9.17, 15) is 8.42 Å². The van der Waals surface area contributed by atoms with E-state index in [2.05, 4.69) is 14.9 Å². The molecular formula is C15H21N3O3S. The van der Waals surface area contributed by atoms with Gasteiger partial charge >= 0.3 is 0 Å². The van der Waals surface area contributed by atoms with Gasteiger partial charge in [0, 0.05) is 6.54 Å². The molecule has 0 spiro atoms. The van der Waals surface area contributed by atoms with Crippen molar-refractivity contribution in [3.63, 3.8) is 0 Å².